The third kappa shape index (κ3) is 2.07. The molecular weight excluding hydrogens is 256 g/mol. The highest BCUT2D eigenvalue weighted by Gasteiger charge is 2.21. The van der Waals surface area contributed by atoms with Crippen molar-refractivity contribution >= 4 is 5.97 Å². The predicted octanol–water partition coefficient (Wildman–Crippen LogP) is 1.86. The van der Waals surface area contributed by atoms with E-state index in [9.17, 15) is 9.90 Å². The fraction of sp³-hybridized carbons (Fsp3) is 0.429. The molecule has 0 radical (unpaired) electrons. The van der Waals surface area contributed by atoms with E-state index < -0.39 is 5.97 Å². The Hall–Kier alpha value is -2.24. The molecule has 6 nitrogen and oxygen atoms in total. The van der Waals surface area contributed by atoms with Gasteiger partial charge in [0.1, 0.15) is 17.2 Å². The summed E-state index contributed by atoms with van der Waals surface area (Å²) < 4.78 is 1.52. The van der Waals surface area contributed by atoms with Gasteiger partial charge < -0.3 is 5.11 Å². The van der Waals surface area contributed by atoms with Crippen molar-refractivity contribution in [1.29, 1.82) is 0 Å². The maximum Gasteiger partial charge on any atom is 0.339 e. The molecule has 0 saturated heterocycles. The molecule has 0 fully saturated rings. The van der Waals surface area contributed by atoms with Gasteiger partial charge in [0.05, 0.1) is 0 Å². The second kappa shape index (κ2) is 4.70. The number of aryl methyl sites for hydroxylation is 4. The van der Waals surface area contributed by atoms with E-state index in [2.05, 4.69) is 15.1 Å². The van der Waals surface area contributed by atoms with Gasteiger partial charge in [-0.25, -0.2) is 14.8 Å². The van der Waals surface area contributed by atoms with E-state index in [0.717, 1.165) is 36.9 Å². The average Bonchev–Trinajstić information content (AvgIpc) is 2.76. The lowest BCUT2D eigenvalue weighted by molar-refractivity contribution is 0.0696. The van der Waals surface area contributed by atoms with E-state index in [-0.39, 0.29) is 5.56 Å². The van der Waals surface area contributed by atoms with Crippen LogP contribution in [0.2, 0.25) is 0 Å². The average molecular weight is 272 g/mol. The van der Waals surface area contributed by atoms with Gasteiger partial charge in [-0.15, -0.1) is 5.10 Å². The SMILES string of the molecule is Cc1nc(C)n(-c2nc3c(cc2C(=O)O)CCCC3)n1. The number of nitrogens with zero attached hydrogens (tertiary/aromatic N) is 4. The zero-order chi connectivity index (χ0) is 14.3. The molecule has 0 aromatic carbocycles. The summed E-state index contributed by atoms with van der Waals surface area (Å²) in [5, 5.41) is 13.7. The van der Waals surface area contributed by atoms with Crippen molar-refractivity contribution in [3.05, 3.63) is 34.5 Å². The van der Waals surface area contributed by atoms with Crippen LogP contribution in [0.25, 0.3) is 5.82 Å². The maximum absolute atomic E-state index is 11.5. The number of fused-ring (bicyclic) bond motifs is 1. The molecule has 0 saturated carbocycles. The highest BCUT2D eigenvalue weighted by atomic mass is 16.4. The quantitative estimate of drug-likeness (QED) is 0.902. The molecule has 2 aromatic rings. The first kappa shape index (κ1) is 12.8. The van der Waals surface area contributed by atoms with E-state index in [0.29, 0.717) is 17.5 Å². The summed E-state index contributed by atoms with van der Waals surface area (Å²) in [6.07, 6.45) is 3.99. The molecule has 1 N–H and O–H groups in total. The van der Waals surface area contributed by atoms with Gasteiger partial charge in [0.25, 0.3) is 0 Å². The van der Waals surface area contributed by atoms with Crippen LogP contribution in [0.15, 0.2) is 6.07 Å². The normalized spacial score (nSPS) is 14.1. The fourth-order valence-corrected chi connectivity index (χ4v) is 2.66. The topological polar surface area (TPSA) is 80.9 Å². The molecule has 2 heterocycles. The van der Waals surface area contributed by atoms with Crippen LogP contribution in [0.3, 0.4) is 0 Å². The minimum atomic E-state index is -0.978. The van der Waals surface area contributed by atoms with E-state index in [1.807, 2.05) is 0 Å². The lowest BCUT2D eigenvalue weighted by Gasteiger charge is -2.17. The number of aromatic carboxylic acids is 1. The Morgan fingerprint density at radius 2 is 2.00 bits per heavy atom. The first-order valence-corrected chi connectivity index (χ1v) is 6.73. The third-order valence-corrected chi connectivity index (χ3v) is 3.59. The lowest BCUT2D eigenvalue weighted by Crippen LogP contribution is -2.16. The van der Waals surface area contributed by atoms with Crippen molar-refractivity contribution in [2.75, 3.05) is 0 Å². The number of hydrogen-bond donors (Lipinski definition) is 1. The number of pyridine rings is 1. The Kier molecular flexibility index (Phi) is 3.00. The first-order valence-electron chi connectivity index (χ1n) is 6.73. The van der Waals surface area contributed by atoms with Crippen LogP contribution in [-0.4, -0.2) is 30.8 Å². The van der Waals surface area contributed by atoms with E-state index in [1.54, 1.807) is 19.9 Å². The highest BCUT2D eigenvalue weighted by Crippen LogP contribution is 2.24. The number of rotatable bonds is 2. The summed E-state index contributed by atoms with van der Waals surface area (Å²) >= 11 is 0. The summed E-state index contributed by atoms with van der Waals surface area (Å²) in [6, 6.07) is 1.75. The van der Waals surface area contributed by atoms with Gasteiger partial charge in [-0.1, -0.05) is 0 Å². The van der Waals surface area contributed by atoms with Crippen molar-refractivity contribution in [2.45, 2.75) is 39.5 Å². The predicted molar refractivity (Wildman–Crippen MR) is 72.2 cm³/mol. The molecule has 6 heteroatoms. The molecule has 0 atom stereocenters. The van der Waals surface area contributed by atoms with Crippen molar-refractivity contribution in [3.8, 4) is 5.82 Å². The van der Waals surface area contributed by atoms with Crippen LogP contribution in [0.1, 0.15) is 46.1 Å². The van der Waals surface area contributed by atoms with Gasteiger partial charge in [0.2, 0.25) is 0 Å². The Balaban J connectivity index is 2.22. The Morgan fingerprint density at radius 1 is 1.25 bits per heavy atom. The Morgan fingerprint density at radius 3 is 2.65 bits per heavy atom. The molecule has 0 aliphatic heterocycles. The van der Waals surface area contributed by atoms with Gasteiger partial charge in [-0.05, 0) is 51.2 Å². The largest absolute Gasteiger partial charge is 0.478 e. The molecule has 3 rings (SSSR count). The maximum atomic E-state index is 11.5. The molecule has 1 aliphatic carbocycles. The Labute approximate surface area is 116 Å². The summed E-state index contributed by atoms with van der Waals surface area (Å²) in [5.41, 5.74) is 2.23. The van der Waals surface area contributed by atoms with Crippen LogP contribution in [0.5, 0.6) is 0 Å². The third-order valence-electron chi connectivity index (χ3n) is 3.59. The Bertz CT molecular complexity index is 691. The van der Waals surface area contributed by atoms with E-state index >= 15 is 0 Å². The molecule has 1 aliphatic rings. The van der Waals surface area contributed by atoms with Crippen LogP contribution < -0.4 is 0 Å². The number of aromatic nitrogens is 4. The van der Waals surface area contributed by atoms with E-state index in [4.69, 9.17) is 0 Å². The number of hydrogen-bond acceptors (Lipinski definition) is 4. The van der Waals surface area contributed by atoms with Crippen molar-refractivity contribution in [3.63, 3.8) is 0 Å². The molecular formula is C14H16N4O2. The van der Waals surface area contributed by atoms with Crippen molar-refractivity contribution < 1.29 is 9.90 Å². The van der Waals surface area contributed by atoms with Crippen LogP contribution >= 0.6 is 0 Å². The molecule has 0 bridgehead atoms. The molecule has 2 aromatic heterocycles. The zero-order valence-corrected chi connectivity index (χ0v) is 11.6. The number of carbonyl (C=O) groups is 1. The van der Waals surface area contributed by atoms with Gasteiger partial charge in [-0.2, -0.15) is 4.68 Å². The standard InChI is InChI=1S/C14H16N4O2/c1-8-15-9(2)18(17-8)13-11(14(19)20)7-10-5-3-4-6-12(10)16-13/h7H,3-6H2,1-2H3,(H,19,20). The minimum Gasteiger partial charge on any atom is -0.478 e. The fourth-order valence-electron chi connectivity index (χ4n) is 2.66. The van der Waals surface area contributed by atoms with Crippen molar-refractivity contribution in [1.82, 2.24) is 19.7 Å². The molecule has 20 heavy (non-hydrogen) atoms. The van der Waals surface area contributed by atoms with Gasteiger partial charge in [0.15, 0.2) is 5.82 Å². The molecule has 0 amide bonds. The second-order valence-electron chi connectivity index (χ2n) is 5.10. The molecule has 0 unspecified atom stereocenters. The second-order valence-corrected chi connectivity index (χ2v) is 5.10. The van der Waals surface area contributed by atoms with Crippen LogP contribution in [0, 0.1) is 13.8 Å². The van der Waals surface area contributed by atoms with Crippen molar-refractivity contribution in [2.24, 2.45) is 0 Å². The summed E-state index contributed by atoms with van der Waals surface area (Å²) in [4.78, 5) is 20.3. The van der Waals surface area contributed by atoms with Gasteiger partial charge >= 0.3 is 5.97 Å². The summed E-state index contributed by atoms with van der Waals surface area (Å²) in [7, 11) is 0. The van der Waals surface area contributed by atoms with Crippen LogP contribution in [0.4, 0.5) is 0 Å². The van der Waals surface area contributed by atoms with E-state index in [1.165, 1.54) is 4.68 Å². The molecule has 104 valence electrons. The van der Waals surface area contributed by atoms with Gasteiger partial charge in [0, 0.05) is 5.69 Å². The smallest absolute Gasteiger partial charge is 0.339 e. The first-order chi connectivity index (χ1) is 9.56. The molecule has 0 spiro atoms. The lowest BCUT2D eigenvalue weighted by atomic mass is 9.95. The van der Waals surface area contributed by atoms with Crippen LogP contribution in [-0.2, 0) is 12.8 Å². The minimum absolute atomic E-state index is 0.193. The highest BCUT2D eigenvalue weighted by molar-refractivity contribution is 5.91. The number of carboxylic acids is 1. The monoisotopic (exact) mass is 272 g/mol. The summed E-state index contributed by atoms with van der Waals surface area (Å²) in [6.45, 7) is 3.58. The zero-order valence-electron chi connectivity index (χ0n) is 11.6. The van der Waals surface area contributed by atoms with Gasteiger partial charge in [-0.3, -0.25) is 0 Å². The number of carboxylic acid groups (broad SMARTS) is 1. The summed E-state index contributed by atoms with van der Waals surface area (Å²) in [5.74, 6) is 0.649.